The number of hydrogen-bond donors (Lipinski definition) is 1. The zero-order valence-corrected chi connectivity index (χ0v) is 9.08. The minimum atomic E-state index is 0.671. The first-order valence-electron chi connectivity index (χ1n) is 5.88. The van der Waals surface area contributed by atoms with Crippen LogP contribution in [0.3, 0.4) is 0 Å². The summed E-state index contributed by atoms with van der Waals surface area (Å²) >= 11 is 0. The van der Waals surface area contributed by atoms with Gasteiger partial charge in [0.15, 0.2) is 0 Å². The van der Waals surface area contributed by atoms with Gasteiger partial charge in [0.1, 0.15) is 0 Å². The van der Waals surface area contributed by atoms with Gasteiger partial charge in [0.05, 0.1) is 0 Å². The first-order valence-corrected chi connectivity index (χ1v) is 5.88. The summed E-state index contributed by atoms with van der Waals surface area (Å²) in [5.41, 5.74) is 8.64. The van der Waals surface area contributed by atoms with Gasteiger partial charge < -0.3 is 10.6 Å². The van der Waals surface area contributed by atoms with Crippen molar-refractivity contribution in [2.45, 2.75) is 25.7 Å². The lowest BCUT2D eigenvalue weighted by molar-refractivity contribution is 0.222. The highest BCUT2D eigenvalue weighted by atomic mass is 15.2. The van der Waals surface area contributed by atoms with Crippen LogP contribution in [0.25, 0.3) is 0 Å². The van der Waals surface area contributed by atoms with E-state index in [0.717, 1.165) is 5.69 Å². The Hall–Kier alpha value is -1.18. The van der Waals surface area contributed by atoms with E-state index in [9.17, 15) is 0 Å². The second kappa shape index (κ2) is 3.16. The van der Waals surface area contributed by atoms with Crippen LogP contribution in [0.1, 0.15) is 25.7 Å². The number of hydrogen-bond acceptors (Lipinski definition) is 2. The Balaban J connectivity index is 1.72. The predicted molar refractivity (Wildman–Crippen MR) is 64.0 cm³/mol. The highest BCUT2D eigenvalue weighted by Crippen LogP contribution is 2.46. The smallest absolute Gasteiger partial charge is 0.0387 e. The molecule has 0 atom stereocenters. The number of nitrogens with zero attached hydrogens (tertiary/aromatic N) is 1. The fourth-order valence-electron chi connectivity index (χ4n) is 3.11. The molecule has 0 aromatic heterocycles. The van der Waals surface area contributed by atoms with E-state index in [2.05, 4.69) is 17.0 Å². The fourth-order valence-corrected chi connectivity index (χ4v) is 3.11. The van der Waals surface area contributed by atoms with Crippen molar-refractivity contribution in [1.82, 2.24) is 0 Å². The minimum Gasteiger partial charge on any atom is -0.399 e. The highest BCUT2D eigenvalue weighted by molar-refractivity contribution is 5.57. The van der Waals surface area contributed by atoms with Crippen LogP contribution < -0.4 is 10.6 Å². The zero-order chi connectivity index (χ0) is 10.3. The molecule has 1 aliphatic carbocycles. The lowest BCUT2D eigenvalue weighted by atomic mass is 9.78. The molecule has 2 N–H and O–H groups in total. The van der Waals surface area contributed by atoms with Gasteiger partial charge >= 0.3 is 0 Å². The van der Waals surface area contributed by atoms with E-state index in [1.165, 1.54) is 44.5 Å². The molecule has 2 fully saturated rings. The van der Waals surface area contributed by atoms with Gasteiger partial charge in [-0.15, -0.1) is 0 Å². The summed E-state index contributed by atoms with van der Waals surface area (Å²) in [6, 6.07) is 8.25. The van der Waals surface area contributed by atoms with Crippen LogP contribution in [0, 0.1) is 5.41 Å². The van der Waals surface area contributed by atoms with Crippen LogP contribution in [0.2, 0.25) is 0 Å². The maximum Gasteiger partial charge on any atom is 0.0387 e. The second-order valence-electron chi connectivity index (χ2n) is 5.16. The number of rotatable bonds is 1. The molecule has 1 aliphatic heterocycles. The largest absolute Gasteiger partial charge is 0.399 e. The fraction of sp³-hybridized carbons (Fsp3) is 0.538. The van der Waals surface area contributed by atoms with Crippen molar-refractivity contribution in [1.29, 1.82) is 0 Å². The summed E-state index contributed by atoms with van der Waals surface area (Å²) in [7, 11) is 0. The molecule has 3 rings (SSSR count). The molecule has 0 radical (unpaired) electrons. The minimum absolute atomic E-state index is 0.671. The lowest BCUT2D eigenvalue weighted by Crippen LogP contribution is -2.55. The molecule has 80 valence electrons. The third-order valence-corrected chi connectivity index (χ3v) is 3.95. The van der Waals surface area contributed by atoms with Gasteiger partial charge in [-0.05, 0) is 31.0 Å². The van der Waals surface area contributed by atoms with Crippen LogP contribution in [0.5, 0.6) is 0 Å². The van der Waals surface area contributed by atoms with E-state index in [0.29, 0.717) is 5.41 Å². The molecule has 2 aliphatic rings. The molecule has 0 bridgehead atoms. The standard InChI is InChI=1S/C13H18N2/c14-11-4-3-5-12(8-11)15-9-13(10-15)6-1-2-7-13/h3-5,8H,1-2,6-7,9-10,14H2. The first-order chi connectivity index (χ1) is 7.27. The maximum atomic E-state index is 5.79. The molecule has 0 unspecified atom stereocenters. The Morgan fingerprint density at radius 3 is 2.53 bits per heavy atom. The number of nitrogen functional groups attached to an aromatic ring is 1. The highest BCUT2D eigenvalue weighted by Gasteiger charge is 2.44. The zero-order valence-electron chi connectivity index (χ0n) is 9.08. The van der Waals surface area contributed by atoms with E-state index in [1.54, 1.807) is 0 Å². The quantitative estimate of drug-likeness (QED) is 0.709. The molecule has 15 heavy (non-hydrogen) atoms. The van der Waals surface area contributed by atoms with Crippen LogP contribution >= 0.6 is 0 Å². The van der Waals surface area contributed by atoms with Gasteiger partial charge in [-0.1, -0.05) is 18.9 Å². The topological polar surface area (TPSA) is 29.3 Å². The summed E-state index contributed by atoms with van der Waals surface area (Å²) in [6.07, 6.45) is 5.74. The van der Waals surface area contributed by atoms with Crippen LogP contribution in [-0.4, -0.2) is 13.1 Å². The van der Waals surface area contributed by atoms with E-state index in [1.807, 2.05) is 12.1 Å². The van der Waals surface area contributed by atoms with Crippen molar-refractivity contribution in [3.63, 3.8) is 0 Å². The van der Waals surface area contributed by atoms with Crippen molar-refractivity contribution >= 4 is 11.4 Å². The Bertz CT molecular complexity index is 359. The average molecular weight is 202 g/mol. The Kier molecular flexibility index (Phi) is 1.91. The SMILES string of the molecule is Nc1cccc(N2CC3(CCCC3)C2)c1. The van der Waals surface area contributed by atoms with Gasteiger partial charge in [0.2, 0.25) is 0 Å². The van der Waals surface area contributed by atoms with Crippen molar-refractivity contribution in [3.05, 3.63) is 24.3 Å². The van der Waals surface area contributed by atoms with E-state index in [4.69, 9.17) is 5.73 Å². The number of benzene rings is 1. The third kappa shape index (κ3) is 1.48. The van der Waals surface area contributed by atoms with Crippen LogP contribution in [0.4, 0.5) is 11.4 Å². The molecule has 2 nitrogen and oxygen atoms in total. The molecular formula is C13H18N2. The Morgan fingerprint density at radius 1 is 1.13 bits per heavy atom. The molecular weight excluding hydrogens is 184 g/mol. The molecule has 0 amide bonds. The summed E-state index contributed by atoms with van der Waals surface area (Å²) in [5.74, 6) is 0. The Morgan fingerprint density at radius 2 is 1.87 bits per heavy atom. The number of anilines is 2. The first kappa shape index (κ1) is 9.08. The maximum absolute atomic E-state index is 5.79. The van der Waals surface area contributed by atoms with E-state index >= 15 is 0 Å². The molecule has 1 heterocycles. The second-order valence-corrected chi connectivity index (χ2v) is 5.16. The van der Waals surface area contributed by atoms with Crippen molar-refractivity contribution in [2.75, 3.05) is 23.7 Å². The van der Waals surface area contributed by atoms with E-state index < -0.39 is 0 Å². The van der Waals surface area contributed by atoms with Crippen LogP contribution in [-0.2, 0) is 0 Å². The van der Waals surface area contributed by atoms with Gasteiger partial charge in [0, 0.05) is 29.9 Å². The van der Waals surface area contributed by atoms with Crippen molar-refractivity contribution in [2.24, 2.45) is 5.41 Å². The van der Waals surface area contributed by atoms with Crippen LogP contribution in [0.15, 0.2) is 24.3 Å². The number of nitrogens with two attached hydrogens (primary N) is 1. The van der Waals surface area contributed by atoms with Crippen molar-refractivity contribution in [3.8, 4) is 0 Å². The molecule has 1 spiro atoms. The normalized spacial score (nSPS) is 23.1. The van der Waals surface area contributed by atoms with Gasteiger partial charge in [-0.3, -0.25) is 0 Å². The molecule has 1 aromatic rings. The van der Waals surface area contributed by atoms with Gasteiger partial charge in [-0.25, -0.2) is 0 Å². The lowest BCUT2D eigenvalue weighted by Gasteiger charge is -2.49. The van der Waals surface area contributed by atoms with Gasteiger partial charge in [0.25, 0.3) is 0 Å². The summed E-state index contributed by atoms with van der Waals surface area (Å²) in [6.45, 7) is 2.49. The summed E-state index contributed by atoms with van der Waals surface area (Å²) in [4.78, 5) is 2.46. The van der Waals surface area contributed by atoms with Crippen molar-refractivity contribution < 1.29 is 0 Å². The molecule has 1 saturated carbocycles. The monoisotopic (exact) mass is 202 g/mol. The average Bonchev–Trinajstić information content (AvgIpc) is 2.64. The molecule has 1 saturated heterocycles. The van der Waals surface area contributed by atoms with Gasteiger partial charge in [-0.2, -0.15) is 0 Å². The third-order valence-electron chi connectivity index (χ3n) is 3.95. The molecule has 2 heteroatoms. The summed E-state index contributed by atoms with van der Waals surface area (Å²) < 4.78 is 0. The summed E-state index contributed by atoms with van der Waals surface area (Å²) in [5, 5.41) is 0. The predicted octanol–water partition coefficient (Wildman–Crippen LogP) is 2.65. The van der Waals surface area contributed by atoms with E-state index in [-0.39, 0.29) is 0 Å². The Labute approximate surface area is 91.1 Å². The molecule has 1 aromatic carbocycles.